The van der Waals surface area contributed by atoms with Gasteiger partial charge in [-0.3, -0.25) is 0 Å². The minimum atomic E-state index is -0.169. The van der Waals surface area contributed by atoms with Crippen molar-refractivity contribution in [3.05, 3.63) is 35.9 Å². The number of rotatable bonds is 7. The van der Waals surface area contributed by atoms with Crippen LogP contribution in [-0.2, 0) is 6.54 Å². The van der Waals surface area contributed by atoms with Gasteiger partial charge in [0.15, 0.2) is 0 Å². The van der Waals surface area contributed by atoms with Gasteiger partial charge in [0.1, 0.15) is 0 Å². The molecule has 0 aliphatic heterocycles. The predicted molar refractivity (Wildman–Crippen MR) is 76.0 cm³/mol. The molecule has 0 bridgehead atoms. The van der Waals surface area contributed by atoms with Crippen molar-refractivity contribution in [1.29, 1.82) is 5.26 Å². The lowest BCUT2D eigenvalue weighted by atomic mass is 9.89. The lowest BCUT2D eigenvalue weighted by molar-refractivity contribution is 0.307. The van der Waals surface area contributed by atoms with Crippen molar-refractivity contribution < 1.29 is 0 Å². The van der Waals surface area contributed by atoms with Gasteiger partial charge in [0.05, 0.1) is 11.5 Å². The molecule has 0 heterocycles. The summed E-state index contributed by atoms with van der Waals surface area (Å²) < 4.78 is 0. The van der Waals surface area contributed by atoms with Gasteiger partial charge in [0, 0.05) is 6.54 Å². The Bertz CT molecular complexity index is 376. The Hall–Kier alpha value is -1.33. The maximum atomic E-state index is 8.94. The van der Waals surface area contributed by atoms with Crippen LogP contribution in [0.4, 0.5) is 0 Å². The summed E-state index contributed by atoms with van der Waals surface area (Å²) in [6.07, 6.45) is 3.27. The third kappa shape index (κ3) is 5.84. The molecule has 0 spiro atoms. The lowest BCUT2D eigenvalue weighted by Crippen LogP contribution is -2.19. The third-order valence-corrected chi connectivity index (χ3v) is 3.19. The molecular formula is C16H24N2. The SMILES string of the molecule is CN(CCCCC(C)(C)C#N)Cc1ccccc1. The fraction of sp³-hybridized carbons (Fsp3) is 0.562. The molecule has 2 heteroatoms. The summed E-state index contributed by atoms with van der Waals surface area (Å²) in [6.45, 7) is 6.13. The first-order chi connectivity index (χ1) is 8.53. The van der Waals surface area contributed by atoms with E-state index in [0.29, 0.717) is 0 Å². The molecule has 1 aromatic rings. The molecule has 18 heavy (non-hydrogen) atoms. The van der Waals surface area contributed by atoms with Crippen molar-refractivity contribution in [2.75, 3.05) is 13.6 Å². The van der Waals surface area contributed by atoms with Crippen LogP contribution in [0, 0.1) is 16.7 Å². The van der Waals surface area contributed by atoms with Crippen LogP contribution >= 0.6 is 0 Å². The third-order valence-electron chi connectivity index (χ3n) is 3.19. The average molecular weight is 244 g/mol. The summed E-state index contributed by atoms with van der Waals surface area (Å²) in [5, 5.41) is 8.94. The summed E-state index contributed by atoms with van der Waals surface area (Å²) in [5.74, 6) is 0. The molecule has 0 aliphatic carbocycles. The van der Waals surface area contributed by atoms with Crippen molar-refractivity contribution in [2.45, 2.75) is 39.7 Å². The maximum absolute atomic E-state index is 8.94. The second-order valence-corrected chi connectivity index (χ2v) is 5.68. The van der Waals surface area contributed by atoms with E-state index in [2.05, 4.69) is 42.3 Å². The highest BCUT2D eigenvalue weighted by molar-refractivity contribution is 5.14. The molecule has 0 saturated carbocycles. The minimum absolute atomic E-state index is 0.169. The second-order valence-electron chi connectivity index (χ2n) is 5.68. The first-order valence-corrected chi connectivity index (χ1v) is 6.67. The molecule has 0 N–H and O–H groups in total. The molecule has 0 radical (unpaired) electrons. The van der Waals surface area contributed by atoms with E-state index in [1.165, 1.54) is 5.56 Å². The number of hydrogen-bond donors (Lipinski definition) is 0. The number of hydrogen-bond acceptors (Lipinski definition) is 2. The quantitative estimate of drug-likeness (QED) is 0.681. The zero-order valence-corrected chi connectivity index (χ0v) is 11.8. The highest BCUT2D eigenvalue weighted by Crippen LogP contribution is 2.21. The highest BCUT2D eigenvalue weighted by Gasteiger charge is 2.15. The van der Waals surface area contributed by atoms with E-state index in [1.807, 2.05) is 19.9 Å². The Morgan fingerprint density at radius 2 is 1.83 bits per heavy atom. The molecular weight excluding hydrogens is 220 g/mol. The van der Waals surface area contributed by atoms with E-state index in [-0.39, 0.29) is 5.41 Å². The first kappa shape index (κ1) is 14.7. The van der Waals surface area contributed by atoms with Crippen molar-refractivity contribution in [3.8, 4) is 6.07 Å². The summed E-state index contributed by atoms with van der Waals surface area (Å²) in [4.78, 5) is 2.34. The summed E-state index contributed by atoms with van der Waals surface area (Å²) in [7, 11) is 2.16. The molecule has 2 nitrogen and oxygen atoms in total. The molecule has 1 rings (SSSR count). The summed E-state index contributed by atoms with van der Waals surface area (Å²) >= 11 is 0. The van der Waals surface area contributed by atoms with Gasteiger partial charge in [-0.05, 0) is 45.8 Å². The van der Waals surface area contributed by atoms with Crippen LogP contribution in [0.3, 0.4) is 0 Å². The molecule has 0 unspecified atom stereocenters. The van der Waals surface area contributed by atoms with Crippen molar-refractivity contribution >= 4 is 0 Å². The van der Waals surface area contributed by atoms with Crippen LogP contribution < -0.4 is 0 Å². The van der Waals surface area contributed by atoms with E-state index in [9.17, 15) is 0 Å². The molecule has 0 aromatic heterocycles. The Morgan fingerprint density at radius 3 is 2.44 bits per heavy atom. The number of benzene rings is 1. The maximum Gasteiger partial charge on any atom is 0.0683 e. The van der Waals surface area contributed by atoms with Crippen LogP contribution in [0.15, 0.2) is 30.3 Å². The molecule has 0 amide bonds. The smallest absolute Gasteiger partial charge is 0.0683 e. The molecule has 0 atom stereocenters. The van der Waals surface area contributed by atoms with E-state index in [1.54, 1.807) is 0 Å². The topological polar surface area (TPSA) is 27.0 Å². The van der Waals surface area contributed by atoms with E-state index < -0.39 is 0 Å². The fourth-order valence-electron chi connectivity index (χ4n) is 1.98. The van der Waals surface area contributed by atoms with Gasteiger partial charge >= 0.3 is 0 Å². The van der Waals surface area contributed by atoms with Crippen LogP contribution in [0.5, 0.6) is 0 Å². The van der Waals surface area contributed by atoms with Crippen LogP contribution in [0.25, 0.3) is 0 Å². The molecule has 1 aromatic carbocycles. The lowest BCUT2D eigenvalue weighted by Gasteiger charge is -2.18. The van der Waals surface area contributed by atoms with Crippen molar-refractivity contribution in [2.24, 2.45) is 5.41 Å². The first-order valence-electron chi connectivity index (χ1n) is 6.67. The van der Waals surface area contributed by atoms with Crippen molar-refractivity contribution in [1.82, 2.24) is 4.90 Å². The zero-order valence-electron chi connectivity index (χ0n) is 11.8. The zero-order chi connectivity index (χ0) is 13.4. The Morgan fingerprint density at radius 1 is 1.17 bits per heavy atom. The van der Waals surface area contributed by atoms with Gasteiger partial charge in [0.25, 0.3) is 0 Å². The minimum Gasteiger partial charge on any atom is -0.302 e. The molecule has 0 fully saturated rings. The Balaban J connectivity index is 2.19. The van der Waals surface area contributed by atoms with Crippen molar-refractivity contribution in [3.63, 3.8) is 0 Å². The molecule has 98 valence electrons. The van der Waals surface area contributed by atoms with E-state index >= 15 is 0 Å². The van der Waals surface area contributed by atoms with Gasteiger partial charge in [-0.1, -0.05) is 36.8 Å². The average Bonchev–Trinajstić information content (AvgIpc) is 2.36. The number of unbranched alkanes of at least 4 members (excludes halogenated alkanes) is 1. The largest absolute Gasteiger partial charge is 0.302 e. The Kier molecular flexibility index (Phi) is 5.88. The van der Waals surface area contributed by atoms with Crippen LogP contribution in [0.2, 0.25) is 0 Å². The number of nitriles is 1. The van der Waals surface area contributed by atoms with Gasteiger partial charge in [0.2, 0.25) is 0 Å². The second kappa shape index (κ2) is 7.18. The normalized spacial score (nSPS) is 11.5. The monoisotopic (exact) mass is 244 g/mol. The standard InChI is InChI=1S/C16H24N2/c1-16(2,14-17)11-7-8-12-18(3)13-15-9-5-4-6-10-15/h4-6,9-10H,7-8,11-13H2,1-3H3. The van der Waals surface area contributed by atoms with Crippen LogP contribution in [-0.4, -0.2) is 18.5 Å². The molecule has 0 aliphatic rings. The fourth-order valence-corrected chi connectivity index (χ4v) is 1.98. The number of nitrogens with zero attached hydrogens (tertiary/aromatic N) is 2. The van der Waals surface area contributed by atoms with Gasteiger partial charge < -0.3 is 4.90 Å². The molecule has 0 saturated heterocycles. The van der Waals surface area contributed by atoms with Gasteiger partial charge in [-0.25, -0.2) is 0 Å². The van der Waals surface area contributed by atoms with Crippen LogP contribution in [0.1, 0.15) is 38.7 Å². The predicted octanol–water partition coefficient (Wildman–Crippen LogP) is 3.84. The highest BCUT2D eigenvalue weighted by atomic mass is 15.1. The summed E-state index contributed by atoms with van der Waals surface area (Å²) in [5.41, 5.74) is 1.19. The Labute approximate surface area is 111 Å². The van der Waals surface area contributed by atoms with Gasteiger partial charge in [-0.15, -0.1) is 0 Å². The van der Waals surface area contributed by atoms with E-state index in [4.69, 9.17) is 5.26 Å². The van der Waals surface area contributed by atoms with E-state index in [0.717, 1.165) is 32.4 Å². The van der Waals surface area contributed by atoms with Gasteiger partial charge in [-0.2, -0.15) is 5.26 Å². The summed E-state index contributed by atoms with van der Waals surface area (Å²) in [6, 6.07) is 12.9.